The summed E-state index contributed by atoms with van der Waals surface area (Å²) in [4.78, 5) is 22.9. The molecule has 1 amide bonds. The molecule has 1 atom stereocenters. The van der Waals surface area contributed by atoms with E-state index in [1.165, 1.54) is 25.3 Å². The second-order valence-corrected chi connectivity index (χ2v) is 8.18. The molecule has 10 heteroatoms. The van der Waals surface area contributed by atoms with Crippen LogP contribution in [0.15, 0.2) is 46.0 Å². The monoisotopic (exact) mass is 398 g/mol. The van der Waals surface area contributed by atoms with Crippen molar-refractivity contribution in [2.45, 2.75) is 16.7 Å². The number of nitrogens with one attached hydrogen (secondary N) is 2. The summed E-state index contributed by atoms with van der Waals surface area (Å²) in [5.74, 6) is -1.65. The van der Waals surface area contributed by atoms with Crippen LogP contribution in [0.5, 0.6) is 0 Å². The van der Waals surface area contributed by atoms with Crippen molar-refractivity contribution < 1.29 is 27.9 Å². The van der Waals surface area contributed by atoms with Crippen molar-refractivity contribution in [1.29, 1.82) is 0 Å². The molecule has 1 aromatic heterocycles. The Morgan fingerprint density at radius 3 is 2.46 bits per heavy atom. The van der Waals surface area contributed by atoms with Crippen LogP contribution < -0.4 is 10.0 Å². The van der Waals surface area contributed by atoms with Crippen molar-refractivity contribution >= 4 is 38.9 Å². The van der Waals surface area contributed by atoms with Crippen molar-refractivity contribution in [1.82, 2.24) is 5.32 Å². The van der Waals surface area contributed by atoms with Gasteiger partial charge in [0.15, 0.2) is 6.04 Å². The van der Waals surface area contributed by atoms with E-state index in [-0.39, 0.29) is 17.2 Å². The number of methoxy groups -OCH3 is 1. The summed E-state index contributed by atoms with van der Waals surface area (Å²) >= 11 is 1.11. The Hall–Kier alpha value is -2.43. The zero-order valence-corrected chi connectivity index (χ0v) is 15.5. The van der Waals surface area contributed by atoms with Gasteiger partial charge in [-0.1, -0.05) is 18.2 Å². The Morgan fingerprint density at radius 2 is 1.92 bits per heavy atom. The van der Waals surface area contributed by atoms with E-state index < -0.39 is 27.9 Å². The molecule has 2 rings (SSSR count). The van der Waals surface area contributed by atoms with Gasteiger partial charge >= 0.3 is 5.97 Å². The number of benzene rings is 1. The van der Waals surface area contributed by atoms with Crippen molar-refractivity contribution in [3.63, 3.8) is 0 Å². The molecule has 0 radical (unpaired) electrons. The lowest BCUT2D eigenvalue weighted by Crippen LogP contribution is -2.44. The molecule has 0 aliphatic carbocycles. The summed E-state index contributed by atoms with van der Waals surface area (Å²) in [7, 11) is -2.28. The third-order valence-corrected chi connectivity index (χ3v) is 6.08. The predicted octanol–water partition coefficient (Wildman–Crippen LogP) is 1.31. The highest BCUT2D eigenvalue weighted by molar-refractivity contribution is 7.94. The predicted molar refractivity (Wildman–Crippen MR) is 96.7 cm³/mol. The summed E-state index contributed by atoms with van der Waals surface area (Å²) < 4.78 is 31.7. The molecule has 0 saturated heterocycles. The lowest BCUT2D eigenvalue weighted by atomic mass is 10.1. The maximum Gasteiger partial charge on any atom is 0.328 e. The van der Waals surface area contributed by atoms with Gasteiger partial charge in [-0.15, -0.1) is 11.3 Å². The standard InChI is InChI=1S/C16H18N2O6S2/c1-24-10-13(16(20)21)17-14(19)9-11-4-6-12(7-5-11)18-26(22,23)15-3-2-8-25-15/h2-8,13,18H,9-10H2,1H3,(H,17,19)(H,20,21). The van der Waals surface area contributed by atoms with Crippen LogP contribution in [0.4, 0.5) is 5.69 Å². The fraction of sp³-hybridized carbons (Fsp3) is 0.250. The number of amides is 1. The second kappa shape index (κ2) is 8.79. The van der Waals surface area contributed by atoms with Gasteiger partial charge in [0.2, 0.25) is 5.91 Å². The minimum Gasteiger partial charge on any atom is -0.480 e. The van der Waals surface area contributed by atoms with Crippen LogP contribution >= 0.6 is 11.3 Å². The number of sulfonamides is 1. The van der Waals surface area contributed by atoms with E-state index in [1.54, 1.807) is 23.6 Å². The third-order valence-electron chi connectivity index (χ3n) is 3.30. The number of carboxylic acids is 1. The largest absolute Gasteiger partial charge is 0.480 e. The van der Waals surface area contributed by atoms with Crippen molar-refractivity contribution in [3.05, 3.63) is 47.3 Å². The molecule has 0 aliphatic rings. The highest BCUT2D eigenvalue weighted by Gasteiger charge is 2.20. The highest BCUT2D eigenvalue weighted by Crippen LogP contribution is 2.20. The molecular weight excluding hydrogens is 380 g/mol. The zero-order chi connectivity index (χ0) is 19.2. The Bertz CT molecular complexity index is 847. The molecule has 2 aromatic rings. The lowest BCUT2D eigenvalue weighted by Gasteiger charge is -2.13. The number of rotatable bonds is 9. The fourth-order valence-electron chi connectivity index (χ4n) is 2.08. The van der Waals surface area contributed by atoms with Gasteiger partial charge in [0.05, 0.1) is 13.0 Å². The summed E-state index contributed by atoms with van der Waals surface area (Å²) in [6.45, 7) is -0.134. The minimum atomic E-state index is -3.63. The smallest absolute Gasteiger partial charge is 0.328 e. The molecule has 26 heavy (non-hydrogen) atoms. The van der Waals surface area contributed by atoms with Crippen LogP contribution in [-0.4, -0.2) is 45.2 Å². The second-order valence-electron chi connectivity index (χ2n) is 5.32. The third kappa shape index (κ3) is 5.55. The molecule has 1 unspecified atom stereocenters. The van der Waals surface area contributed by atoms with Crippen molar-refractivity contribution in [3.8, 4) is 0 Å². The minimum absolute atomic E-state index is 0.0363. The molecule has 1 aromatic carbocycles. The molecule has 0 spiro atoms. The number of ether oxygens (including phenoxy) is 1. The number of carbonyl (C=O) groups excluding carboxylic acids is 1. The lowest BCUT2D eigenvalue weighted by molar-refractivity contribution is -0.143. The van der Waals surface area contributed by atoms with Gasteiger partial charge in [-0.3, -0.25) is 9.52 Å². The normalized spacial score (nSPS) is 12.3. The molecule has 140 valence electrons. The number of anilines is 1. The molecule has 3 N–H and O–H groups in total. The van der Waals surface area contributed by atoms with Gasteiger partial charge in [-0.25, -0.2) is 13.2 Å². The molecule has 0 fully saturated rings. The molecule has 8 nitrogen and oxygen atoms in total. The summed E-state index contributed by atoms with van der Waals surface area (Å²) in [5.41, 5.74) is 0.980. The van der Waals surface area contributed by atoms with Crippen LogP contribution in [0.1, 0.15) is 5.56 Å². The van der Waals surface area contributed by atoms with Gasteiger partial charge < -0.3 is 15.2 Å². The zero-order valence-electron chi connectivity index (χ0n) is 13.8. The van der Waals surface area contributed by atoms with E-state index in [0.717, 1.165) is 11.3 Å². The molecule has 0 saturated carbocycles. The number of carbonyl (C=O) groups is 2. The van der Waals surface area contributed by atoms with Gasteiger partial charge in [0.25, 0.3) is 10.0 Å². The number of hydrogen-bond donors (Lipinski definition) is 3. The molecular formula is C16H18N2O6S2. The first-order valence-corrected chi connectivity index (χ1v) is 9.84. The Labute approximate surface area is 154 Å². The van der Waals surface area contributed by atoms with E-state index in [0.29, 0.717) is 11.3 Å². The highest BCUT2D eigenvalue weighted by atomic mass is 32.2. The average Bonchev–Trinajstić information content (AvgIpc) is 3.11. The maximum atomic E-state index is 12.1. The van der Waals surface area contributed by atoms with Crippen LogP contribution in [-0.2, 0) is 30.8 Å². The fourth-order valence-corrected chi connectivity index (χ4v) is 4.14. The summed E-state index contributed by atoms with van der Waals surface area (Å²) in [6.07, 6.45) is -0.0363. The number of carboxylic acid groups (broad SMARTS) is 1. The van der Waals surface area contributed by atoms with Gasteiger partial charge in [-0.05, 0) is 29.1 Å². The number of hydrogen-bond acceptors (Lipinski definition) is 6. The molecule has 0 bridgehead atoms. The maximum absolute atomic E-state index is 12.1. The van der Waals surface area contributed by atoms with E-state index >= 15 is 0 Å². The Kier molecular flexibility index (Phi) is 6.72. The van der Waals surface area contributed by atoms with E-state index in [9.17, 15) is 18.0 Å². The molecule has 0 aliphatic heterocycles. The first-order valence-electron chi connectivity index (χ1n) is 7.48. The van der Waals surface area contributed by atoms with E-state index in [2.05, 4.69) is 10.0 Å². The van der Waals surface area contributed by atoms with Crippen LogP contribution in [0.2, 0.25) is 0 Å². The number of thiophene rings is 1. The van der Waals surface area contributed by atoms with Crippen molar-refractivity contribution in [2.75, 3.05) is 18.4 Å². The van der Waals surface area contributed by atoms with Crippen molar-refractivity contribution in [2.24, 2.45) is 0 Å². The Balaban J connectivity index is 1.97. The first-order chi connectivity index (χ1) is 12.3. The quantitative estimate of drug-likeness (QED) is 0.585. The average molecular weight is 398 g/mol. The first kappa shape index (κ1) is 19.9. The summed E-state index contributed by atoms with van der Waals surface area (Å²) in [5, 5.41) is 13.0. The van der Waals surface area contributed by atoms with E-state index in [1.807, 2.05) is 0 Å². The van der Waals surface area contributed by atoms with Gasteiger partial charge in [-0.2, -0.15) is 0 Å². The van der Waals surface area contributed by atoms with Crippen LogP contribution in [0.25, 0.3) is 0 Å². The molecule has 1 heterocycles. The van der Waals surface area contributed by atoms with Gasteiger partial charge in [0.1, 0.15) is 4.21 Å². The topological polar surface area (TPSA) is 122 Å². The number of aliphatic carboxylic acids is 1. The van der Waals surface area contributed by atoms with Crippen LogP contribution in [0.3, 0.4) is 0 Å². The van der Waals surface area contributed by atoms with Gasteiger partial charge in [0, 0.05) is 12.8 Å². The van der Waals surface area contributed by atoms with Crippen LogP contribution in [0, 0.1) is 0 Å². The SMILES string of the molecule is COCC(NC(=O)Cc1ccc(NS(=O)(=O)c2cccs2)cc1)C(=O)O. The Morgan fingerprint density at radius 1 is 1.23 bits per heavy atom. The van der Waals surface area contributed by atoms with E-state index in [4.69, 9.17) is 9.84 Å². The summed E-state index contributed by atoms with van der Waals surface area (Å²) in [6, 6.07) is 8.30.